The van der Waals surface area contributed by atoms with Gasteiger partial charge in [-0.25, -0.2) is 23.5 Å². The Morgan fingerprint density at radius 2 is 1.96 bits per heavy atom. The number of aryl methyl sites for hydroxylation is 1. The van der Waals surface area contributed by atoms with Crippen LogP contribution in [0, 0.1) is 12.9 Å². The van der Waals surface area contributed by atoms with Gasteiger partial charge in [-0.3, -0.25) is 0 Å². The smallest absolute Gasteiger partial charge is 0.238 e. The molecule has 0 radical (unpaired) electrons. The van der Waals surface area contributed by atoms with Gasteiger partial charge in [0.2, 0.25) is 16.0 Å². The topological polar surface area (TPSA) is 110 Å². The lowest BCUT2D eigenvalue weighted by Gasteiger charge is -2.13. The highest BCUT2D eigenvalue weighted by Crippen LogP contribution is 2.31. The van der Waals surface area contributed by atoms with Gasteiger partial charge >= 0.3 is 0 Å². The minimum Gasteiger partial charge on any atom is -0.239 e. The lowest BCUT2D eigenvalue weighted by molar-refractivity contribution is 0.580. The van der Waals surface area contributed by atoms with Gasteiger partial charge in [0.15, 0.2) is 12.5 Å². The average molecular weight is 333 g/mol. The maximum Gasteiger partial charge on any atom is 0.238 e. The van der Waals surface area contributed by atoms with Gasteiger partial charge in [0.1, 0.15) is 0 Å². The first kappa shape index (κ1) is 15.4. The van der Waals surface area contributed by atoms with E-state index in [9.17, 15) is 12.8 Å². The van der Waals surface area contributed by atoms with Crippen molar-refractivity contribution in [3.63, 3.8) is 0 Å². The second kappa shape index (κ2) is 5.60. The van der Waals surface area contributed by atoms with Gasteiger partial charge in [-0.2, -0.15) is 9.50 Å². The van der Waals surface area contributed by atoms with E-state index in [0.717, 1.165) is 0 Å². The molecule has 7 nitrogen and oxygen atoms in total. The van der Waals surface area contributed by atoms with Crippen molar-refractivity contribution in [3.8, 4) is 11.1 Å². The number of aromatic nitrogens is 1. The number of hydrogen-bond acceptors (Lipinski definition) is 6. The number of rotatable bonds is 3. The molecule has 0 saturated carbocycles. The van der Waals surface area contributed by atoms with E-state index in [1.54, 1.807) is 19.1 Å². The van der Waals surface area contributed by atoms with Gasteiger partial charge in [0, 0.05) is 16.8 Å². The summed E-state index contributed by atoms with van der Waals surface area (Å²) in [7, 11) is -4.00. The molecule has 2 heterocycles. The Bertz CT molecular complexity index is 954. The molecule has 0 amide bonds. The number of benzene rings is 1. The van der Waals surface area contributed by atoms with Crippen LogP contribution in [0.4, 0.5) is 4.39 Å². The molecule has 0 atom stereocenters. The molecule has 0 bridgehead atoms. The normalized spacial score (nSPS) is 14.1. The van der Waals surface area contributed by atoms with Crippen LogP contribution in [0.15, 0.2) is 50.4 Å². The minimum atomic E-state index is -4.00. The minimum absolute atomic E-state index is 0.113. The van der Waals surface area contributed by atoms with Crippen molar-refractivity contribution in [2.75, 3.05) is 6.67 Å². The zero-order valence-corrected chi connectivity index (χ0v) is 12.9. The highest BCUT2D eigenvalue weighted by Gasteiger charge is 2.24. The van der Waals surface area contributed by atoms with Gasteiger partial charge < -0.3 is 0 Å². The molecule has 9 heteroatoms. The van der Waals surface area contributed by atoms with Crippen molar-refractivity contribution >= 4 is 15.9 Å². The van der Waals surface area contributed by atoms with E-state index in [1.807, 2.05) is 0 Å². The van der Waals surface area contributed by atoms with Crippen molar-refractivity contribution in [2.45, 2.75) is 11.8 Å². The van der Waals surface area contributed by atoms with Crippen LogP contribution in [0.1, 0.15) is 11.3 Å². The van der Waals surface area contributed by atoms with E-state index in [2.05, 4.69) is 20.2 Å². The maximum absolute atomic E-state index is 13.2. The summed E-state index contributed by atoms with van der Waals surface area (Å²) in [6, 6.07) is 7.33. The number of primary sulfonamides is 1. The zero-order valence-electron chi connectivity index (χ0n) is 12.1. The molecule has 0 unspecified atom stereocenters. The summed E-state index contributed by atoms with van der Waals surface area (Å²) in [6.45, 7) is 1.75. The van der Waals surface area contributed by atoms with Crippen LogP contribution in [0.5, 0.6) is 0 Å². The molecule has 3 rings (SSSR count). The van der Waals surface area contributed by atoms with E-state index in [4.69, 9.17) is 5.14 Å². The van der Waals surface area contributed by atoms with Crippen molar-refractivity contribution in [3.05, 3.63) is 47.5 Å². The lowest BCUT2D eigenvalue weighted by Crippen LogP contribution is -2.17. The van der Waals surface area contributed by atoms with Gasteiger partial charge in [0.25, 0.3) is 0 Å². The predicted octanol–water partition coefficient (Wildman–Crippen LogP) is 2.01. The fourth-order valence-electron chi connectivity index (χ4n) is 2.40. The third kappa shape index (κ3) is 2.88. The van der Waals surface area contributed by atoms with E-state index in [1.165, 1.54) is 18.2 Å². The van der Waals surface area contributed by atoms with Crippen molar-refractivity contribution < 1.29 is 12.8 Å². The molecule has 2 N–H and O–H groups in total. The fraction of sp³-hybridized carbons (Fsp3) is 0.143. The van der Waals surface area contributed by atoms with Crippen LogP contribution in [-0.2, 0) is 10.0 Å². The number of halogens is 1. The molecular formula is C14H12FN5O2S. The molecule has 118 valence electrons. The largest absolute Gasteiger partial charge is 0.239 e. The number of nitrogens with zero attached hydrogens (tertiary/aromatic N) is 4. The number of pyridine rings is 1. The number of hydrogen-bond donors (Lipinski definition) is 1. The first-order chi connectivity index (χ1) is 10.9. The predicted molar refractivity (Wildman–Crippen MR) is 82.0 cm³/mol. The second-order valence-corrected chi connectivity index (χ2v) is 6.39. The summed E-state index contributed by atoms with van der Waals surface area (Å²) in [4.78, 5) is 7.74. The van der Waals surface area contributed by atoms with Crippen LogP contribution in [-0.4, -0.2) is 25.9 Å². The van der Waals surface area contributed by atoms with Crippen molar-refractivity contribution in [2.24, 2.45) is 20.4 Å². The number of nitrogens with two attached hydrogens (primary N) is 1. The third-order valence-electron chi connectivity index (χ3n) is 3.35. The first-order valence-corrected chi connectivity index (χ1v) is 8.14. The zero-order chi connectivity index (χ0) is 16.6. The molecular weight excluding hydrogens is 321 g/mol. The first-order valence-electron chi connectivity index (χ1n) is 6.59. The van der Waals surface area contributed by atoms with Crippen molar-refractivity contribution in [1.29, 1.82) is 0 Å². The molecule has 0 aliphatic carbocycles. The molecule has 1 aromatic heterocycles. The van der Waals surface area contributed by atoms with Crippen LogP contribution in [0.25, 0.3) is 11.1 Å². The van der Waals surface area contributed by atoms with Crippen LogP contribution in [0.3, 0.4) is 0 Å². The summed E-state index contributed by atoms with van der Waals surface area (Å²) in [5.41, 5.74) is 1.72. The molecule has 1 aliphatic rings. The van der Waals surface area contributed by atoms with Crippen LogP contribution in [0.2, 0.25) is 0 Å². The summed E-state index contributed by atoms with van der Waals surface area (Å²) in [6.07, 6.45) is 0. The fourth-order valence-corrected chi connectivity index (χ4v) is 3.15. The summed E-state index contributed by atoms with van der Waals surface area (Å²) in [5.74, 6) is -0.443. The Morgan fingerprint density at radius 1 is 1.17 bits per heavy atom. The Hall–Kier alpha value is -2.52. The lowest BCUT2D eigenvalue weighted by atomic mass is 9.98. The third-order valence-corrected chi connectivity index (χ3v) is 4.30. The number of sulfonamides is 1. The van der Waals surface area contributed by atoms with Gasteiger partial charge in [0.05, 0.1) is 4.90 Å². The van der Waals surface area contributed by atoms with Gasteiger partial charge in [-0.1, -0.05) is 12.1 Å². The highest BCUT2D eigenvalue weighted by molar-refractivity contribution is 7.89. The summed E-state index contributed by atoms with van der Waals surface area (Å²) >= 11 is 0. The van der Waals surface area contributed by atoms with Gasteiger partial charge in [-0.05, 0) is 30.7 Å². The van der Waals surface area contributed by atoms with Crippen molar-refractivity contribution in [1.82, 2.24) is 4.98 Å². The Labute approximate surface area is 131 Å². The molecule has 1 aromatic carbocycles. The SMILES string of the molecule is Cc1nc(F)ccc1-c1cccc(S(N)(=O)=O)c1C1=NCN=N1. The summed E-state index contributed by atoms with van der Waals surface area (Å²) in [5, 5.41) is 12.9. The van der Waals surface area contributed by atoms with Crippen LogP contribution >= 0.6 is 0 Å². The molecule has 23 heavy (non-hydrogen) atoms. The Kier molecular flexibility index (Phi) is 3.74. The monoisotopic (exact) mass is 333 g/mol. The molecule has 0 spiro atoms. The number of amidine groups is 1. The highest BCUT2D eigenvalue weighted by atomic mass is 32.2. The summed E-state index contributed by atoms with van der Waals surface area (Å²) < 4.78 is 37.1. The van der Waals surface area contributed by atoms with E-state index in [-0.39, 0.29) is 23.0 Å². The molecule has 0 fully saturated rings. The van der Waals surface area contributed by atoms with Gasteiger partial charge in [-0.15, -0.1) is 5.11 Å². The van der Waals surface area contributed by atoms with E-state index in [0.29, 0.717) is 16.8 Å². The maximum atomic E-state index is 13.2. The number of azo groups is 1. The van der Waals surface area contributed by atoms with Crippen LogP contribution < -0.4 is 5.14 Å². The standard InChI is InChI=1S/C14H12FN5O2S/c1-8-9(5-6-12(15)19-8)10-3-2-4-11(23(16,21)22)13(10)14-17-7-18-20-14/h2-6H,7H2,1H3,(H2,16,21,22). The quantitative estimate of drug-likeness (QED) is 0.867. The van der Waals surface area contributed by atoms with E-state index < -0.39 is 16.0 Å². The Morgan fingerprint density at radius 3 is 2.57 bits per heavy atom. The average Bonchev–Trinajstić information content (AvgIpc) is 2.99. The molecule has 2 aromatic rings. The molecule has 1 aliphatic heterocycles. The van der Waals surface area contributed by atoms with E-state index >= 15 is 0 Å². The Balaban J connectivity index is 2.35. The number of aliphatic imine (C=N–C) groups is 1. The molecule has 0 saturated heterocycles. The second-order valence-electron chi connectivity index (χ2n) is 4.86.